The molecule has 0 saturated carbocycles. The van der Waals surface area contributed by atoms with Crippen molar-refractivity contribution in [3.63, 3.8) is 0 Å². The minimum absolute atomic E-state index is 0.0698. The van der Waals surface area contributed by atoms with Gasteiger partial charge in [0.05, 0.1) is 5.02 Å². The summed E-state index contributed by atoms with van der Waals surface area (Å²) in [5.41, 5.74) is 0.318. The molecule has 0 saturated heterocycles. The fraction of sp³-hybridized carbons (Fsp3) is 0.182. The monoisotopic (exact) mass is 225 g/mol. The molecule has 1 N–H and O–H groups in total. The van der Waals surface area contributed by atoms with Crippen molar-refractivity contribution < 1.29 is 9.18 Å². The van der Waals surface area contributed by atoms with Crippen LogP contribution in [0.1, 0.15) is 16.8 Å². The Labute approximate surface area is 92.4 Å². The van der Waals surface area contributed by atoms with E-state index in [4.69, 9.17) is 18.0 Å². The maximum absolute atomic E-state index is 12.8. The van der Waals surface area contributed by atoms with E-state index in [-0.39, 0.29) is 10.9 Å². The summed E-state index contributed by atoms with van der Waals surface area (Å²) in [6.07, 6.45) is 5.48. The van der Waals surface area contributed by atoms with Gasteiger partial charge in [-0.3, -0.25) is 4.79 Å². The molecule has 2 nitrogen and oxygen atoms in total. The van der Waals surface area contributed by atoms with Crippen LogP contribution in [0.25, 0.3) is 0 Å². The first-order valence-electron chi connectivity index (χ1n) is 4.32. The number of halogens is 2. The molecule has 0 aliphatic rings. The maximum Gasteiger partial charge on any atom is 0.251 e. The van der Waals surface area contributed by atoms with E-state index < -0.39 is 5.82 Å². The molecule has 15 heavy (non-hydrogen) atoms. The molecule has 78 valence electrons. The first-order valence-corrected chi connectivity index (χ1v) is 4.69. The van der Waals surface area contributed by atoms with E-state index >= 15 is 0 Å². The lowest BCUT2D eigenvalue weighted by Gasteiger charge is -2.03. The predicted octanol–water partition coefficient (Wildman–Crippen LogP) is 2.23. The van der Waals surface area contributed by atoms with E-state index in [0.717, 1.165) is 6.07 Å². The van der Waals surface area contributed by atoms with Gasteiger partial charge < -0.3 is 5.32 Å². The van der Waals surface area contributed by atoms with Crippen molar-refractivity contribution in [2.75, 3.05) is 6.54 Å². The molecule has 0 heterocycles. The molecule has 4 heteroatoms. The second kappa shape index (κ2) is 5.38. The number of nitrogens with one attached hydrogen (secondary N) is 1. The van der Waals surface area contributed by atoms with Crippen molar-refractivity contribution in [1.29, 1.82) is 0 Å². The van der Waals surface area contributed by atoms with Crippen LogP contribution in [-0.2, 0) is 0 Å². The van der Waals surface area contributed by atoms with Gasteiger partial charge in [-0.25, -0.2) is 4.39 Å². The number of carbonyl (C=O) groups is 1. The van der Waals surface area contributed by atoms with Crippen LogP contribution in [0.3, 0.4) is 0 Å². The average molecular weight is 226 g/mol. The number of amides is 1. The Morgan fingerprint density at radius 3 is 2.93 bits per heavy atom. The van der Waals surface area contributed by atoms with E-state index in [1.54, 1.807) is 0 Å². The molecule has 0 bridgehead atoms. The summed E-state index contributed by atoms with van der Waals surface area (Å²) in [6, 6.07) is 3.80. The van der Waals surface area contributed by atoms with E-state index in [1.165, 1.54) is 12.1 Å². The number of terminal acetylenes is 1. The largest absolute Gasteiger partial charge is 0.351 e. The van der Waals surface area contributed by atoms with Crippen LogP contribution >= 0.6 is 11.6 Å². The Morgan fingerprint density at radius 1 is 1.60 bits per heavy atom. The standard InChI is InChI=1S/C11H9ClFNO/c1-2-3-6-14-11(15)8-4-5-10(13)9(12)7-8/h1,4-5,7H,3,6H2,(H,14,15). The van der Waals surface area contributed by atoms with Crippen LogP contribution in [0.2, 0.25) is 5.02 Å². The first-order chi connectivity index (χ1) is 7.15. The van der Waals surface area contributed by atoms with Crippen LogP contribution < -0.4 is 5.32 Å². The Kier molecular flexibility index (Phi) is 4.14. The van der Waals surface area contributed by atoms with Crippen molar-refractivity contribution in [2.24, 2.45) is 0 Å². The van der Waals surface area contributed by atoms with Crippen molar-refractivity contribution in [1.82, 2.24) is 5.32 Å². The van der Waals surface area contributed by atoms with Gasteiger partial charge in [0.2, 0.25) is 0 Å². The van der Waals surface area contributed by atoms with Gasteiger partial charge >= 0.3 is 0 Å². The summed E-state index contributed by atoms with van der Waals surface area (Å²) in [5, 5.41) is 2.51. The second-order valence-electron chi connectivity index (χ2n) is 2.84. The lowest BCUT2D eigenvalue weighted by molar-refractivity contribution is 0.0954. The highest BCUT2D eigenvalue weighted by Gasteiger charge is 2.07. The summed E-state index contributed by atoms with van der Waals surface area (Å²) in [7, 11) is 0. The van der Waals surface area contributed by atoms with Crippen molar-refractivity contribution >= 4 is 17.5 Å². The SMILES string of the molecule is C#CCCNC(=O)c1ccc(F)c(Cl)c1. The highest BCUT2D eigenvalue weighted by molar-refractivity contribution is 6.31. The minimum atomic E-state index is -0.545. The Balaban J connectivity index is 2.67. The van der Waals surface area contributed by atoms with Gasteiger partial charge in [-0.05, 0) is 18.2 Å². The van der Waals surface area contributed by atoms with Crippen molar-refractivity contribution in [3.8, 4) is 12.3 Å². The topological polar surface area (TPSA) is 29.1 Å². The molecule has 1 amide bonds. The van der Waals surface area contributed by atoms with Gasteiger partial charge in [0.15, 0.2) is 0 Å². The molecule has 0 aliphatic carbocycles. The quantitative estimate of drug-likeness (QED) is 0.620. The lowest BCUT2D eigenvalue weighted by Crippen LogP contribution is -2.24. The third kappa shape index (κ3) is 3.26. The van der Waals surface area contributed by atoms with Gasteiger partial charge in [0.1, 0.15) is 5.82 Å². The Hall–Kier alpha value is -1.53. The van der Waals surface area contributed by atoms with Crippen molar-refractivity contribution in [3.05, 3.63) is 34.6 Å². The minimum Gasteiger partial charge on any atom is -0.351 e. The number of hydrogen-bond donors (Lipinski definition) is 1. The fourth-order valence-corrected chi connectivity index (χ4v) is 1.17. The van der Waals surface area contributed by atoms with Gasteiger partial charge in [0.25, 0.3) is 5.91 Å². The predicted molar refractivity (Wildman–Crippen MR) is 57.2 cm³/mol. The summed E-state index contributed by atoms with van der Waals surface area (Å²) >= 11 is 5.53. The summed E-state index contributed by atoms with van der Waals surface area (Å²) < 4.78 is 12.8. The smallest absolute Gasteiger partial charge is 0.251 e. The molecule has 1 aromatic carbocycles. The third-order valence-corrected chi connectivity index (χ3v) is 2.03. The van der Waals surface area contributed by atoms with E-state index in [9.17, 15) is 9.18 Å². The van der Waals surface area contributed by atoms with Gasteiger partial charge in [0, 0.05) is 18.5 Å². The highest BCUT2D eigenvalue weighted by atomic mass is 35.5. The summed E-state index contributed by atoms with van der Waals surface area (Å²) in [5.74, 6) is 1.54. The molecular formula is C11H9ClFNO. The molecule has 0 unspecified atom stereocenters. The number of rotatable bonds is 3. The zero-order valence-corrected chi connectivity index (χ0v) is 8.64. The number of hydrogen-bond acceptors (Lipinski definition) is 1. The van der Waals surface area contributed by atoms with Gasteiger partial charge in [-0.1, -0.05) is 11.6 Å². The Morgan fingerprint density at radius 2 is 2.33 bits per heavy atom. The highest BCUT2D eigenvalue weighted by Crippen LogP contribution is 2.15. The zero-order valence-electron chi connectivity index (χ0n) is 7.89. The number of carbonyl (C=O) groups excluding carboxylic acids is 1. The fourth-order valence-electron chi connectivity index (χ4n) is 0.988. The maximum atomic E-state index is 12.8. The second-order valence-corrected chi connectivity index (χ2v) is 3.25. The molecular weight excluding hydrogens is 217 g/mol. The van der Waals surface area contributed by atoms with Gasteiger partial charge in [-0.15, -0.1) is 12.3 Å². The normalized spacial score (nSPS) is 9.40. The van der Waals surface area contributed by atoms with Crippen LogP contribution in [0.4, 0.5) is 4.39 Å². The summed E-state index contributed by atoms with van der Waals surface area (Å²) in [4.78, 5) is 11.4. The summed E-state index contributed by atoms with van der Waals surface area (Å²) in [6.45, 7) is 0.393. The molecule has 0 spiro atoms. The molecule has 0 aliphatic heterocycles. The third-order valence-electron chi connectivity index (χ3n) is 1.74. The van der Waals surface area contributed by atoms with Crippen LogP contribution in [0, 0.1) is 18.2 Å². The molecule has 1 aromatic rings. The van der Waals surface area contributed by atoms with Crippen LogP contribution in [-0.4, -0.2) is 12.5 Å². The Bertz CT molecular complexity index is 412. The van der Waals surface area contributed by atoms with E-state index in [0.29, 0.717) is 18.5 Å². The molecule has 0 fully saturated rings. The number of benzene rings is 1. The van der Waals surface area contributed by atoms with Crippen molar-refractivity contribution in [2.45, 2.75) is 6.42 Å². The van der Waals surface area contributed by atoms with E-state index in [1.807, 2.05) is 0 Å². The average Bonchev–Trinajstić information content (AvgIpc) is 2.22. The van der Waals surface area contributed by atoms with Crippen LogP contribution in [0.15, 0.2) is 18.2 Å². The molecule has 0 aromatic heterocycles. The first kappa shape index (κ1) is 11.5. The van der Waals surface area contributed by atoms with Crippen LogP contribution in [0.5, 0.6) is 0 Å². The molecule has 0 radical (unpaired) electrons. The van der Waals surface area contributed by atoms with E-state index in [2.05, 4.69) is 11.2 Å². The molecule has 0 atom stereocenters. The zero-order chi connectivity index (χ0) is 11.3. The lowest BCUT2D eigenvalue weighted by atomic mass is 10.2. The van der Waals surface area contributed by atoms with Gasteiger partial charge in [-0.2, -0.15) is 0 Å². The molecule has 1 rings (SSSR count).